The van der Waals surface area contributed by atoms with E-state index < -0.39 is 11.9 Å². The van der Waals surface area contributed by atoms with E-state index in [4.69, 9.17) is 16.3 Å². The third-order valence-electron chi connectivity index (χ3n) is 6.83. The Kier molecular flexibility index (Phi) is 7.39. The van der Waals surface area contributed by atoms with Crippen molar-refractivity contribution in [1.29, 1.82) is 0 Å². The SMILES string of the molecule is O=C(N[C@H]1CC[C@@H](Nc2cc(C(F)(F)F)nc3ccc(Cl)cc23)CC1)c1ccnc(N2CCOCC2)c1. The first kappa shape index (κ1) is 25.5. The molecule has 0 bridgehead atoms. The first-order valence-corrected chi connectivity index (χ1v) is 12.7. The van der Waals surface area contributed by atoms with Gasteiger partial charge in [0.1, 0.15) is 11.5 Å². The highest BCUT2D eigenvalue weighted by molar-refractivity contribution is 6.31. The monoisotopic (exact) mass is 533 g/mol. The van der Waals surface area contributed by atoms with Crippen LogP contribution in [-0.2, 0) is 10.9 Å². The van der Waals surface area contributed by atoms with Crippen molar-refractivity contribution in [3.63, 3.8) is 0 Å². The van der Waals surface area contributed by atoms with E-state index in [1.165, 1.54) is 12.1 Å². The molecule has 0 unspecified atom stereocenters. The van der Waals surface area contributed by atoms with Crippen LogP contribution in [-0.4, -0.2) is 54.3 Å². The Morgan fingerprint density at radius 1 is 1.03 bits per heavy atom. The summed E-state index contributed by atoms with van der Waals surface area (Å²) in [6.07, 6.45) is -0.0959. The maximum Gasteiger partial charge on any atom is 0.433 e. The molecule has 1 aromatic carbocycles. The molecule has 0 atom stereocenters. The number of fused-ring (bicyclic) bond motifs is 1. The van der Waals surface area contributed by atoms with Crippen molar-refractivity contribution in [2.24, 2.45) is 0 Å². The summed E-state index contributed by atoms with van der Waals surface area (Å²) < 4.78 is 45.7. The zero-order valence-electron chi connectivity index (χ0n) is 20.0. The number of hydrogen-bond donors (Lipinski definition) is 2. The molecular formula is C26H27ClF3N5O2. The van der Waals surface area contributed by atoms with Crippen molar-refractivity contribution in [3.05, 3.63) is 58.9 Å². The molecule has 1 aliphatic heterocycles. The number of halogens is 4. The van der Waals surface area contributed by atoms with Gasteiger partial charge in [-0.1, -0.05) is 11.6 Å². The topological polar surface area (TPSA) is 79.4 Å². The fourth-order valence-electron chi connectivity index (χ4n) is 4.86. The molecule has 11 heteroatoms. The van der Waals surface area contributed by atoms with Crippen LogP contribution >= 0.6 is 11.6 Å². The molecule has 1 saturated carbocycles. The second-order valence-corrected chi connectivity index (χ2v) is 9.82. The Hall–Kier alpha value is -3.11. The minimum absolute atomic E-state index is 0.0140. The second kappa shape index (κ2) is 10.7. The van der Waals surface area contributed by atoms with Gasteiger partial charge in [-0.2, -0.15) is 13.2 Å². The smallest absolute Gasteiger partial charge is 0.382 e. The highest BCUT2D eigenvalue weighted by Gasteiger charge is 2.34. The summed E-state index contributed by atoms with van der Waals surface area (Å²) in [5.74, 6) is 0.602. The predicted octanol–water partition coefficient (Wildman–Crippen LogP) is 5.29. The molecule has 3 heterocycles. The number of carbonyl (C=O) groups excluding carboxylic acids is 1. The molecular weight excluding hydrogens is 507 g/mol. The quantitative estimate of drug-likeness (QED) is 0.464. The highest BCUT2D eigenvalue weighted by Crippen LogP contribution is 2.35. The fourth-order valence-corrected chi connectivity index (χ4v) is 5.03. The molecule has 1 aliphatic carbocycles. The summed E-state index contributed by atoms with van der Waals surface area (Å²) in [4.78, 5) is 23.2. The zero-order chi connectivity index (χ0) is 26.0. The van der Waals surface area contributed by atoms with Crippen molar-refractivity contribution < 1.29 is 22.7 Å². The van der Waals surface area contributed by atoms with Crippen LogP contribution in [0.15, 0.2) is 42.6 Å². The van der Waals surface area contributed by atoms with Gasteiger partial charge in [-0.25, -0.2) is 9.97 Å². The van der Waals surface area contributed by atoms with Crippen LogP contribution in [0.25, 0.3) is 10.9 Å². The van der Waals surface area contributed by atoms with Crippen LogP contribution in [0, 0.1) is 0 Å². The molecule has 1 saturated heterocycles. The van der Waals surface area contributed by atoms with Crippen LogP contribution in [0.3, 0.4) is 0 Å². The van der Waals surface area contributed by atoms with Crippen LogP contribution in [0.4, 0.5) is 24.7 Å². The van der Waals surface area contributed by atoms with Crippen molar-refractivity contribution in [2.45, 2.75) is 43.9 Å². The lowest BCUT2D eigenvalue weighted by atomic mass is 9.90. The number of ether oxygens (including phenoxy) is 1. The molecule has 37 heavy (non-hydrogen) atoms. The van der Waals surface area contributed by atoms with Crippen molar-refractivity contribution >= 4 is 39.9 Å². The number of benzene rings is 1. The minimum atomic E-state index is -4.55. The number of amides is 1. The molecule has 2 aliphatic rings. The Labute approximate surface area is 217 Å². The first-order chi connectivity index (χ1) is 17.8. The maximum absolute atomic E-state index is 13.4. The summed E-state index contributed by atoms with van der Waals surface area (Å²) in [6.45, 7) is 2.74. The third kappa shape index (κ3) is 6.07. The number of pyridine rings is 2. The first-order valence-electron chi connectivity index (χ1n) is 12.3. The van der Waals surface area contributed by atoms with Crippen molar-refractivity contribution in [3.8, 4) is 0 Å². The molecule has 0 spiro atoms. The molecule has 7 nitrogen and oxygen atoms in total. The zero-order valence-corrected chi connectivity index (χ0v) is 20.8. The highest BCUT2D eigenvalue weighted by atomic mass is 35.5. The Morgan fingerprint density at radius 3 is 2.49 bits per heavy atom. The van der Waals surface area contributed by atoms with E-state index in [0.29, 0.717) is 60.6 Å². The molecule has 0 radical (unpaired) electrons. The normalized spacial score (nSPS) is 20.6. The number of alkyl halides is 3. The lowest BCUT2D eigenvalue weighted by Gasteiger charge is -2.31. The lowest BCUT2D eigenvalue weighted by Crippen LogP contribution is -2.40. The van der Waals surface area contributed by atoms with Gasteiger partial charge in [0.25, 0.3) is 5.91 Å². The van der Waals surface area contributed by atoms with Crippen LogP contribution in [0.1, 0.15) is 41.7 Å². The predicted molar refractivity (Wildman–Crippen MR) is 136 cm³/mol. The van der Waals surface area contributed by atoms with Gasteiger partial charge in [0, 0.05) is 53.0 Å². The average molecular weight is 534 g/mol. The summed E-state index contributed by atoms with van der Waals surface area (Å²) in [5.41, 5.74) is 0.201. The molecule has 3 aromatic rings. The van der Waals surface area contributed by atoms with Gasteiger partial charge in [0.05, 0.1) is 18.7 Å². The number of carbonyl (C=O) groups is 1. The van der Waals surface area contributed by atoms with Gasteiger partial charge in [-0.05, 0) is 62.1 Å². The summed E-state index contributed by atoms with van der Waals surface area (Å²) in [7, 11) is 0. The van der Waals surface area contributed by atoms with E-state index in [0.717, 1.165) is 25.0 Å². The second-order valence-electron chi connectivity index (χ2n) is 9.38. The van der Waals surface area contributed by atoms with E-state index in [1.54, 1.807) is 24.4 Å². The number of rotatable bonds is 5. The largest absolute Gasteiger partial charge is 0.433 e. The van der Waals surface area contributed by atoms with E-state index in [-0.39, 0.29) is 23.5 Å². The Balaban J connectivity index is 1.22. The lowest BCUT2D eigenvalue weighted by molar-refractivity contribution is -0.140. The summed E-state index contributed by atoms with van der Waals surface area (Å²) >= 11 is 6.10. The molecule has 196 valence electrons. The number of anilines is 2. The minimum Gasteiger partial charge on any atom is -0.382 e. The third-order valence-corrected chi connectivity index (χ3v) is 7.06. The molecule has 2 fully saturated rings. The summed E-state index contributed by atoms with van der Waals surface area (Å²) in [5, 5.41) is 7.35. The van der Waals surface area contributed by atoms with E-state index >= 15 is 0 Å². The molecule has 5 rings (SSSR count). The van der Waals surface area contributed by atoms with Crippen LogP contribution in [0.5, 0.6) is 0 Å². The van der Waals surface area contributed by atoms with Gasteiger partial charge < -0.3 is 20.3 Å². The number of nitrogens with zero attached hydrogens (tertiary/aromatic N) is 3. The summed E-state index contributed by atoms with van der Waals surface area (Å²) in [6, 6.07) is 9.14. The van der Waals surface area contributed by atoms with Crippen molar-refractivity contribution in [1.82, 2.24) is 15.3 Å². The van der Waals surface area contributed by atoms with Gasteiger partial charge in [0.15, 0.2) is 0 Å². The van der Waals surface area contributed by atoms with Crippen LogP contribution in [0.2, 0.25) is 5.02 Å². The number of morpholine rings is 1. The van der Waals surface area contributed by atoms with Gasteiger partial charge in [0.2, 0.25) is 0 Å². The van der Waals surface area contributed by atoms with E-state index in [2.05, 4.69) is 25.5 Å². The van der Waals surface area contributed by atoms with Gasteiger partial charge in [-0.15, -0.1) is 0 Å². The fraction of sp³-hybridized carbons (Fsp3) is 0.423. The van der Waals surface area contributed by atoms with Gasteiger partial charge in [-0.3, -0.25) is 4.79 Å². The average Bonchev–Trinajstić information content (AvgIpc) is 2.90. The standard InChI is InChI=1S/C26H27ClF3N5O2/c27-17-1-6-21-20(14-17)22(15-23(34-21)26(28,29)30)32-18-2-4-19(5-3-18)33-25(36)16-7-8-31-24(13-16)35-9-11-37-12-10-35/h1,6-8,13-15,18-19H,2-5,9-12H2,(H,32,34)(H,33,36)/t18-,19+. The van der Waals surface area contributed by atoms with E-state index in [9.17, 15) is 18.0 Å². The van der Waals surface area contributed by atoms with E-state index in [1.807, 2.05) is 0 Å². The van der Waals surface area contributed by atoms with Gasteiger partial charge >= 0.3 is 6.18 Å². The number of hydrogen-bond acceptors (Lipinski definition) is 6. The van der Waals surface area contributed by atoms with Crippen molar-refractivity contribution in [2.75, 3.05) is 36.5 Å². The number of aromatic nitrogens is 2. The number of nitrogens with one attached hydrogen (secondary N) is 2. The Morgan fingerprint density at radius 2 is 1.76 bits per heavy atom. The molecule has 1 amide bonds. The molecule has 2 N–H and O–H groups in total. The van der Waals surface area contributed by atoms with Crippen LogP contribution < -0.4 is 15.5 Å². The Bertz CT molecular complexity index is 1270. The molecule has 2 aromatic heterocycles. The maximum atomic E-state index is 13.4.